The fourth-order valence-corrected chi connectivity index (χ4v) is 2.80. The van der Waals surface area contributed by atoms with Crippen molar-refractivity contribution in [2.24, 2.45) is 0 Å². The Kier molecular flexibility index (Phi) is 2.86. The van der Waals surface area contributed by atoms with Gasteiger partial charge in [0, 0.05) is 19.6 Å². The predicted molar refractivity (Wildman–Crippen MR) is 65.7 cm³/mol. The molecule has 1 saturated heterocycles. The lowest BCUT2D eigenvalue weighted by molar-refractivity contribution is 0.0343. The van der Waals surface area contributed by atoms with Crippen LogP contribution in [0.25, 0.3) is 10.2 Å². The minimum absolute atomic E-state index is 0.854. The number of benzene rings is 1. The molecule has 1 aromatic heterocycles. The van der Waals surface area contributed by atoms with Crippen molar-refractivity contribution in [1.82, 2.24) is 9.88 Å². The van der Waals surface area contributed by atoms with E-state index in [1.165, 1.54) is 15.8 Å². The van der Waals surface area contributed by atoms with Crippen LogP contribution in [0.3, 0.4) is 0 Å². The number of aromatic nitrogens is 1. The van der Waals surface area contributed by atoms with E-state index in [-0.39, 0.29) is 0 Å². The first-order chi connectivity index (χ1) is 7.93. The van der Waals surface area contributed by atoms with Gasteiger partial charge in [-0.15, -0.1) is 11.3 Å². The Labute approximate surface area is 98.7 Å². The summed E-state index contributed by atoms with van der Waals surface area (Å²) in [6.45, 7) is 4.76. The molecule has 3 nitrogen and oxygen atoms in total. The van der Waals surface area contributed by atoms with Gasteiger partial charge in [-0.3, -0.25) is 4.90 Å². The van der Waals surface area contributed by atoms with Crippen molar-refractivity contribution in [3.8, 4) is 0 Å². The highest BCUT2D eigenvalue weighted by Crippen LogP contribution is 2.22. The van der Waals surface area contributed by atoms with E-state index < -0.39 is 0 Å². The highest BCUT2D eigenvalue weighted by Gasteiger charge is 2.12. The van der Waals surface area contributed by atoms with Crippen molar-refractivity contribution in [2.75, 3.05) is 26.3 Å². The second-order valence-corrected chi connectivity index (χ2v) is 4.89. The molecule has 1 aliphatic rings. The molecule has 16 heavy (non-hydrogen) atoms. The maximum absolute atomic E-state index is 5.35. The van der Waals surface area contributed by atoms with Crippen LogP contribution in [-0.4, -0.2) is 36.2 Å². The Morgan fingerprint density at radius 2 is 2.19 bits per heavy atom. The van der Waals surface area contributed by atoms with Gasteiger partial charge in [0.05, 0.1) is 28.9 Å². The number of morpholine rings is 1. The number of hydrogen-bond acceptors (Lipinski definition) is 4. The summed E-state index contributed by atoms with van der Waals surface area (Å²) in [6.07, 6.45) is 0. The Bertz CT molecular complexity index is 477. The maximum Gasteiger partial charge on any atom is 0.0856 e. The van der Waals surface area contributed by atoms with Crippen LogP contribution in [0, 0.1) is 0 Å². The number of nitrogens with zero attached hydrogens (tertiary/aromatic N) is 2. The minimum Gasteiger partial charge on any atom is -0.379 e. The highest BCUT2D eigenvalue weighted by atomic mass is 32.1. The molecule has 1 aliphatic heterocycles. The molecule has 0 unspecified atom stereocenters. The van der Waals surface area contributed by atoms with E-state index in [0.717, 1.165) is 32.8 Å². The second-order valence-electron chi connectivity index (χ2n) is 4.00. The predicted octanol–water partition coefficient (Wildman–Crippen LogP) is 2.13. The molecule has 3 rings (SSSR count). The van der Waals surface area contributed by atoms with Gasteiger partial charge in [0.1, 0.15) is 0 Å². The molecule has 0 bridgehead atoms. The van der Waals surface area contributed by atoms with Crippen LogP contribution in [0.5, 0.6) is 0 Å². The standard InChI is InChI=1S/C12H14N2OS/c1-2-10(8-14-4-6-15-7-5-14)12-11(3-1)16-9-13-12/h1-3,9H,4-8H2. The quantitative estimate of drug-likeness (QED) is 0.796. The Balaban J connectivity index is 1.85. The summed E-state index contributed by atoms with van der Waals surface area (Å²) in [5.41, 5.74) is 4.42. The van der Waals surface area contributed by atoms with Crippen molar-refractivity contribution >= 4 is 21.6 Å². The van der Waals surface area contributed by atoms with Gasteiger partial charge in [0.15, 0.2) is 0 Å². The molecule has 4 heteroatoms. The zero-order chi connectivity index (χ0) is 10.8. The third kappa shape index (κ3) is 1.96. The summed E-state index contributed by atoms with van der Waals surface area (Å²) in [7, 11) is 0. The van der Waals surface area contributed by atoms with Crippen molar-refractivity contribution in [3.05, 3.63) is 29.3 Å². The molecular formula is C12H14N2OS. The molecule has 0 radical (unpaired) electrons. The topological polar surface area (TPSA) is 25.4 Å². The number of hydrogen-bond donors (Lipinski definition) is 0. The summed E-state index contributed by atoms with van der Waals surface area (Å²) >= 11 is 1.71. The molecule has 0 atom stereocenters. The number of thiazole rings is 1. The Morgan fingerprint density at radius 3 is 3.06 bits per heavy atom. The van der Waals surface area contributed by atoms with E-state index in [0.29, 0.717) is 0 Å². The average molecular weight is 234 g/mol. The largest absolute Gasteiger partial charge is 0.379 e. The molecule has 0 amide bonds. The van der Waals surface area contributed by atoms with Crippen molar-refractivity contribution < 1.29 is 4.74 Å². The van der Waals surface area contributed by atoms with Gasteiger partial charge in [-0.25, -0.2) is 4.98 Å². The molecule has 0 aliphatic carbocycles. The van der Waals surface area contributed by atoms with Crippen LogP contribution >= 0.6 is 11.3 Å². The van der Waals surface area contributed by atoms with Crippen molar-refractivity contribution in [1.29, 1.82) is 0 Å². The van der Waals surface area contributed by atoms with Gasteiger partial charge in [0.25, 0.3) is 0 Å². The number of ether oxygens (including phenoxy) is 1. The summed E-state index contributed by atoms with van der Waals surface area (Å²) in [5, 5.41) is 0. The van der Waals surface area contributed by atoms with E-state index in [9.17, 15) is 0 Å². The first-order valence-electron chi connectivity index (χ1n) is 5.55. The summed E-state index contributed by atoms with van der Waals surface area (Å²) in [4.78, 5) is 6.87. The van der Waals surface area contributed by atoms with Crippen molar-refractivity contribution in [3.63, 3.8) is 0 Å². The number of rotatable bonds is 2. The van der Waals surface area contributed by atoms with Crippen LogP contribution in [0.2, 0.25) is 0 Å². The average Bonchev–Trinajstić information content (AvgIpc) is 2.80. The smallest absolute Gasteiger partial charge is 0.0856 e. The molecule has 1 aromatic carbocycles. The normalized spacial score (nSPS) is 18.0. The minimum atomic E-state index is 0.854. The van der Waals surface area contributed by atoms with E-state index in [4.69, 9.17) is 4.74 Å². The summed E-state index contributed by atoms with van der Waals surface area (Å²) in [5.74, 6) is 0. The molecule has 2 aromatic rings. The van der Waals surface area contributed by atoms with Gasteiger partial charge in [0.2, 0.25) is 0 Å². The number of para-hydroxylation sites is 1. The van der Waals surface area contributed by atoms with E-state index >= 15 is 0 Å². The highest BCUT2D eigenvalue weighted by molar-refractivity contribution is 7.16. The lowest BCUT2D eigenvalue weighted by Gasteiger charge is -2.26. The second kappa shape index (κ2) is 4.49. The first-order valence-corrected chi connectivity index (χ1v) is 6.42. The van der Waals surface area contributed by atoms with Gasteiger partial charge >= 0.3 is 0 Å². The monoisotopic (exact) mass is 234 g/mol. The third-order valence-electron chi connectivity index (χ3n) is 2.94. The van der Waals surface area contributed by atoms with Crippen LogP contribution in [0.4, 0.5) is 0 Å². The molecule has 1 fully saturated rings. The lowest BCUT2D eigenvalue weighted by atomic mass is 10.2. The van der Waals surface area contributed by atoms with Crippen molar-refractivity contribution in [2.45, 2.75) is 6.54 Å². The summed E-state index contributed by atoms with van der Waals surface area (Å²) in [6, 6.07) is 6.43. The van der Waals surface area contributed by atoms with E-state index in [1.54, 1.807) is 11.3 Å². The van der Waals surface area contributed by atoms with Crippen LogP contribution in [0.1, 0.15) is 5.56 Å². The fraction of sp³-hybridized carbons (Fsp3) is 0.417. The van der Waals surface area contributed by atoms with Gasteiger partial charge in [-0.05, 0) is 11.6 Å². The van der Waals surface area contributed by atoms with Crippen LogP contribution in [0.15, 0.2) is 23.7 Å². The van der Waals surface area contributed by atoms with E-state index in [2.05, 4.69) is 28.1 Å². The first kappa shape index (κ1) is 10.2. The van der Waals surface area contributed by atoms with Gasteiger partial charge < -0.3 is 4.74 Å². The lowest BCUT2D eigenvalue weighted by Crippen LogP contribution is -2.35. The molecule has 0 N–H and O–H groups in total. The van der Waals surface area contributed by atoms with Crippen LogP contribution < -0.4 is 0 Å². The molecule has 2 heterocycles. The third-order valence-corrected chi connectivity index (χ3v) is 3.74. The van der Waals surface area contributed by atoms with E-state index in [1.807, 2.05) is 5.51 Å². The Morgan fingerprint density at radius 1 is 1.31 bits per heavy atom. The van der Waals surface area contributed by atoms with Crippen LogP contribution in [-0.2, 0) is 11.3 Å². The zero-order valence-electron chi connectivity index (χ0n) is 9.06. The maximum atomic E-state index is 5.35. The fourth-order valence-electron chi connectivity index (χ4n) is 2.07. The molecular weight excluding hydrogens is 220 g/mol. The van der Waals surface area contributed by atoms with Gasteiger partial charge in [-0.1, -0.05) is 12.1 Å². The zero-order valence-corrected chi connectivity index (χ0v) is 9.87. The number of fused-ring (bicyclic) bond motifs is 1. The SMILES string of the molecule is c1cc(CN2CCOCC2)c2ncsc2c1. The van der Waals surface area contributed by atoms with Gasteiger partial charge in [-0.2, -0.15) is 0 Å². The molecule has 0 saturated carbocycles. The Hall–Kier alpha value is -0.970. The summed E-state index contributed by atoms with van der Waals surface area (Å²) < 4.78 is 6.64. The molecule has 0 spiro atoms. The molecule has 84 valence electrons.